The molecule has 0 bridgehead atoms. The Morgan fingerprint density at radius 1 is 1.14 bits per heavy atom. The Labute approximate surface area is 88.0 Å². The summed E-state index contributed by atoms with van der Waals surface area (Å²) in [6.07, 6.45) is 2.98. The van der Waals surface area contributed by atoms with E-state index in [1.54, 1.807) is 23.9 Å². The molecule has 0 heterocycles. The summed E-state index contributed by atoms with van der Waals surface area (Å²) in [5.41, 5.74) is 0. The zero-order valence-electron chi connectivity index (χ0n) is 7.89. The molecule has 1 aliphatic rings. The Morgan fingerprint density at radius 3 is 2.43 bits per heavy atom. The van der Waals surface area contributed by atoms with Gasteiger partial charge in [-0.15, -0.1) is 11.8 Å². The Balaban J connectivity index is 2.00. The zero-order chi connectivity index (χ0) is 9.97. The molecule has 1 aromatic rings. The van der Waals surface area contributed by atoms with E-state index in [1.807, 2.05) is 12.1 Å². The van der Waals surface area contributed by atoms with Gasteiger partial charge in [-0.2, -0.15) is 0 Å². The van der Waals surface area contributed by atoms with Gasteiger partial charge in [0.2, 0.25) is 0 Å². The molecule has 1 aliphatic carbocycles. The van der Waals surface area contributed by atoms with Crippen molar-refractivity contribution in [1.82, 2.24) is 0 Å². The van der Waals surface area contributed by atoms with Crippen molar-refractivity contribution in [3.05, 3.63) is 24.3 Å². The van der Waals surface area contributed by atoms with Crippen molar-refractivity contribution in [2.45, 2.75) is 35.5 Å². The molecule has 0 radical (unpaired) electrons. The van der Waals surface area contributed by atoms with Gasteiger partial charge in [-0.05, 0) is 43.5 Å². The lowest BCUT2D eigenvalue weighted by Gasteiger charge is -2.13. The molecular weight excluding hydrogens is 196 g/mol. The number of phenols is 1. The molecule has 0 spiro atoms. The van der Waals surface area contributed by atoms with E-state index in [9.17, 15) is 5.11 Å². The highest BCUT2D eigenvalue weighted by Gasteiger charge is 2.25. The van der Waals surface area contributed by atoms with Crippen LogP contribution in [0.4, 0.5) is 0 Å². The van der Waals surface area contributed by atoms with E-state index < -0.39 is 0 Å². The van der Waals surface area contributed by atoms with Gasteiger partial charge >= 0.3 is 0 Å². The van der Waals surface area contributed by atoms with Gasteiger partial charge in [0.05, 0.1) is 6.10 Å². The molecule has 2 N–H and O–H groups in total. The number of aliphatic hydroxyl groups excluding tert-OH is 1. The van der Waals surface area contributed by atoms with Gasteiger partial charge in [0.1, 0.15) is 5.75 Å². The summed E-state index contributed by atoms with van der Waals surface area (Å²) in [4.78, 5) is 1.12. The predicted molar refractivity (Wildman–Crippen MR) is 57.6 cm³/mol. The summed E-state index contributed by atoms with van der Waals surface area (Å²) in [5, 5.41) is 19.1. The van der Waals surface area contributed by atoms with Crippen LogP contribution in [0.2, 0.25) is 0 Å². The summed E-state index contributed by atoms with van der Waals surface area (Å²) in [5.74, 6) is 0.293. The average Bonchev–Trinajstić information content (AvgIpc) is 2.56. The van der Waals surface area contributed by atoms with E-state index in [0.29, 0.717) is 11.0 Å². The summed E-state index contributed by atoms with van der Waals surface area (Å²) < 4.78 is 0. The fourth-order valence-electron chi connectivity index (χ4n) is 1.74. The third-order valence-corrected chi connectivity index (χ3v) is 3.94. The Kier molecular flexibility index (Phi) is 2.99. The quantitative estimate of drug-likeness (QED) is 0.787. The molecule has 0 aliphatic heterocycles. The van der Waals surface area contributed by atoms with Crippen LogP contribution in [-0.4, -0.2) is 21.6 Å². The van der Waals surface area contributed by atoms with Crippen LogP contribution in [-0.2, 0) is 0 Å². The van der Waals surface area contributed by atoms with Crippen molar-refractivity contribution in [1.29, 1.82) is 0 Å². The Bertz CT molecular complexity index is 297. The highest BCUT2D eigenvalue weighted by molar-refractivity contribution is 8.00. The average molecular weight is 210 g/mol. The van der Waals surface area contributed by atoms with E-state index in [1.165, 1.54) is 0 Å². The van der Waals surface area contributed by atoms with Crippen molar-refractivity contribution in [2.75, 3.05) is 0 Å². The number of rotatable bonds is 2. The molecule has 0 aromatic heterocycles. The fraction of sp³-hybridized carbons (Fsp3) is 0.455. The third kappa shape index (κ3) is 2.22. The number of aromatic hydroxyl groups is 1. The van der Waals surface area contributed by atoms with Crippen LogP contribution >= 0.6 is 11.8 Å². The molecule has 76 valence electrons. The molecule has 0 unspecified atom stereocenters. The second-order valence-corrected chi connectivity index (χ2v) is 4.96. The van der Waals surface area contributed by atoms with E-state index in [0.717, 1.165) is 24.2 Å². The number of hydrogen-bond acceptors (Lipinski definition) is 3. The number of benzene rings is 1. The van der Waals surface area contributed by atoms with Crippen LogP contribution in [0, 0.1) is 0 Å². The van der Waals surface area contributed by atoms with Gasteiger partial charge in [0, 0.05) is 10.1 Å². The van der Waals surface area contributed by atoms with Gasteiger partial charge in [-0.1, -0.05) is 0 Å². The smallest absolute Gasteiger partial charge is 0.115 e. The minimum Gasteiger partial charge on any atom is -0.508 e. The van der Waals surface area contributed by atoms with Crippen LogP contribution in [0.5, 0.6) is 5.75 Å². The van der Waals surface area contributed by atoms with E-state index >= 15 is 0 Å². The molecule has 2 nitrogen and oxygen atoms in total. The van der Waals surface area contributed by atoms with E-state index in [4.69, 9.17) is 5.11 Å². The first-order valence-corrected chi connectivity index (χ1v) is 5.77. The fourth-order valence-corrected chi connectivity index (χ4v) is 2.96. The van der Waals surface area contributed by atoms with Crippen molar-refractivity contribution >= 4 is 11.8 Å². The predicted octanol–water partition coefficient (Wildman–Crippen LogP) is 2.40. The van der Waals surface area contributed by atoms with Gasteiger partial charge in [0.15, 0.2) is 0 Å². The van der Waals surface area contributed by atoms with Gasteiger partial charge in [-0.3, -0.25) is 0 Å². The summed E-state index contributed by atoms with van der Waals surface area (Å²) in [7, 11) is 0. The largest absolute Gasteiger partial charge is 0.508 e. The van der Waals surface area contributed by atoms with Gasteiger partial charge < -0.3 is 10.2 Å². The summed E-state index contributed by atoms with van der Waals surface area (Å²) >= 11 is 1.71. The molecule has 1 fully saturated rings. The third-order valence-electron chi connectivity index (χ3n) is 2.54. The van der Waals surface area contributed by atoms with Crippen LogP contribution in [0.1, 0.15) is 19.3 Å². The summed E-state index contributed by atoms with van der Waals surface area (Å²) in [6.45, 7) is 0. The lowest BCUT2D eigenvalue weighted by Crippen LogP contribution is -2.14. The highest BCUT2D eigenvalue weighted by atomic mass is 32.2. The van der Waals surface area contributed by atoms with E-state index in [-0.39, 0.29) is 6.10 Å². The topological polar surface area (TPSA) is 40.5 Å². The monoisotopic (exact) mass is 210 g/mol. The van der Waals surface area contributed by atoms with Crippen LogP contribution < -0.4 is 0 Å². The van der Waals surface area contributed by atoms with Crippen molar-refractivity contribution < 1.29 is 10.2 Å². The first-order valence-electron chi connectivity index (χ1n) is 4.89. The van der Waals surface area contributed by atoms with Crippen LogP contribution in [0.15, 0.2) is 29.2 Å². The molecular formula is C11H14O2S. The van der Waals surface area contributed by atoms with Crippen molar-refractivity contribution in [2.24, 2.45) is 0 Å². The first-order chi connectivity index (χ1) is 6.75. The second kappa shape index (κ2) is 4.24. The van der Waals surface area contributed by atoms with Crippen LogP contribution in [0.3, 0.4) is 0 Å². The Morgan fingerprint density at radius 2 is 1.86 bits per heavy atom. The van der Waals surface area contributed by atoms with Gasteiger partial charge in [-0.25, -0.2) is 0 Å². The minimum absolute atomic E-state index is 0.159. The SMILES string of the molecule is Oc1ccc(S[C@H]2CCC[C@@H]2O)cc1. The molecule has 1 aromatic carbocycles. The summed E-state index contributed by atoms with van der Waals surface area (Å²) in [6, 6.07) is 7.16. The maximum absolute atomic E-state index is 9.63. The maximum Gasteiger partial charge on any atom is 0.115 e. The molecule has 2 rings (SSSR count). The number of hydrogen-bond donors (Lipinski definition) is 2. The van der Waals surface area contributed by atoms with Crippen molar-refractivity contribution in [3.63, 3.8) is 0 Å². The van der Waals surface area contributed by atoms with Gasteiger partial charge in [0.25, 0.3) is 0 Å². The second-order valence-electron chi connectivity index (χ2n) is 3.65. The van der Waals surface area contributed by atoms with Crippen molar-refractivity contribution in [3.8, 4) is 5.75 Å². The lowest BCUT2D eigenvalue weighted by molar-refractivity contribution is 0.188. The standard InChI is InChI=1S/C11H14O2S/c12-8-4-6-9(7-5-8)14-11-3-1-2-10(11)13/h4-7,10-13H,1-3H2/t10-,11-/m0/s1. The molecule has 1 saturated carbocycles. The lowest BCUT2D eigenvalue weighted by atomic mass is 10.3. The van der Waals surface area contributed by atoms with E-state index in [2.05, 4.69) is 0 Å². The normalized spacial score (nSPS) is 26.6. The molecule has 0 amide bonds. The molecule has 0 saturated heterocycles. The minimum atomic E-state index is -0.159. The molecule has 2 atom stereocenters. The first kappa shape index (κ1) is 9.87. The zero-order valence-corrected chi connectivity index (χ0v) is 8.70. The molecule has 14 heavy (non-hydrogen) atoms. The number of phenolic OH excluding ortho intramolecular Hbond substituents is 1. The Hall–Kier alpha value is -0.670. The highest BCUT2D eigenvalue weighted by Crippen LogP contribution is 2.35. The van der Waals surface area contributed by atoms with Crippen LogP contribution in [0.25, 0.3) is 0 Å². The molecule has 3 heteroatoms. The number of thioether (sulfide) groups is 1. The maximum atomic E-state index is 9.63. The number of aliphatic hydroxyl groups is 1.